The topological polar surface area (TPSA) is 52.6 Å². The Morgan fingerprint density at radius 2 is 1.63 bits per heavy atom. The molecule has 0 saturated carbocycles. The quantitative estimate of drug-likeness (QED) is 0.880. The molecule has 0 bridgehead atoms. The molecule has 2 atom stereocenters. The van der Waals surface area contributed by atoms with Crippen molar-refractivity contribution in [3.63, 3.8) is 0 Å². The number of hydrogen-bond donors (Lipinski definition) is 2. The molecule has 2 unspecified atom stereocenters. The number of benzene rings is 2. The lowest BCUT2D eigenvalue weighted by molar-refractivity contribution is -0.144. The molecule has 4 heteroatoms. The molecule has 27 heavy (non-hydrogen) atoms. The third-order valence-electron chi connectivity index (χ3n) is 5.60. The number of nitrogens with one attached hydrogen (secondary N) is 1. The fraction of sp³-hybridized carbons (Fsp3) is 0.261. The first-order valence-electron chi connectivity index (χ1n) is 9.42. The molecule has 1 fully saturated rings. The smallest absolute Gasteiger partial charge is 0.319 e. The molecule has 0 radical (unpaired) electrons. The van der Waals surface area contributed by atoms with Crippen LogP contribution in [0.1, 0.15) is 5.56 Å². The maximum Gasteiger partial charge on any atom is 0.319 e. The van der Waals surface area contributed by atoms with E-state index in [4.69, 9.17) is 0 Å². The van der Waals surface area contributed by atoms with Crippen LogP contribution in [-0.4, -0.2) is 48.2 Å². The van der Waals surface area contributed by atoms with Gasteiger partial charge in [-0.3, -0.25) is 9.69 Å². The van der Waals surface area contributed by atoms with E-state index in [1.807, 2.05) is 66.8 Å². The number of aliphatic carboxylic acids is 1. The second kappa shape index (κ2) is 7.51. The van der Waals surface area contributed by atoms with Gasteiger partial charge in [-0.2, -0.15) is 0 Å². The van der Waals surface area contributed by atoms with Crippen molar-refractivity contribution < 1.29 is 9.90 Å². The summed E-state index contributed by atoms with van der Waals surface area (Å²) in [5, 5.41) is 13.6. The lowest BCUT2D eigenvalue weighted by Crippen LogP contribution is -2.58. The van der Waals surface area contributed by atoms with Crippen LogP contribution >= 0.6 is 0 Å². The van der Waals surface area contributed by atoms with Gasteiger partial charge in [-0.05, 0) is 16.7 Å². The predicted octanol–water partition coefficient (Wildman–Crippen LogP) is 3.08. The molecule has 2 aliphatic rings. The van der Waals surface area contributed by atoms with Crippen LogP contribution in [0.15, 0.2) is 78.9 Å². The maximum absolute atomic E-state index is 12.6. The molecule has 138 valence electrons. The summed E-state index contributed by atoms with van der Waals surface area (Å²) in [5.41, 5.74) is 1.97. The van der Waals surface area contributed by atoms with Gasteiger partial charge in [0.1, 0.15) is 5.41 Å². The molecule has 1 aliphatic carbocycles. The minimum atomic E-state index is -1.07. The van der Waals surface area contributed by atoms with Crippen molar-refractivity contribution in [2.75, 3.05) is 26.2 Å². The lowest BCUT2D eigenvalue weighted by Gasteiger charge is -2.43. The molecule has 1 aliphatic heterocycles. The van der Waals surface area contributed by atoms with Crippen molar-refractivity contribution in [1.29, 1.82) is 0 Å². The zero-order chi connectivity index (χ0) is 18.7. The van der Waals surface area contributed by atoms with Crippen molar-refractivity contribution in [1.82, 2.24) is 10.2 Å². The Balaban J connectivity index is 1.73. The number of allylic oxidation sites excluding steroid dienone is 2. The van der Waals surface area contributed by atoms with E-state index in [0.29, 0.717) is 0 Å². The van der Waals surface area contributed by atoms with Gasteiger partial charge in [0, 0.05) is 26.2 Å². The highest BCUT2D eigenvalue weighted by atomic mass is 16.4. The van der Waals surface area contributed by atoms with Crippen LogP contribution in [0.5, 0.6) is 0 Å². The van der Waals surface area contributed by atoms with Gasteiger partial charge < -0.3 is 10.4 Å². The summed E-state index contributed by atoms with van der Waals surface area (Å²) < 4.78 is 0. The zero-order valence-electron chi connectivity index (χ0n) is 15.2. The second-order valence-electron chi connectivity index (χ2n) is 7.09. The first kappa shape index (κ1) is 17.7. The van der Waals surface area contributed by atoms with E-state index in [2.05, 4.69) is 22.3 Å². The number of carboxylic acids is 1. The highest BCUT2D eigenvalue weighted by Crippen LogP contribution is 2.37. The highest BCUT2D eigenvalue weighted by molar-refractivity contribution is 5.86. The predicted molar refractivity (Wildman–Crippen MR) is 108 cm³/mol. The molecular formula is C23H24N2O2. The van der Waals surface area contributed by atoms with E-state index in [-0.39, 0.29) is 6.04 Å². The fourth-order valence-electron chi connectivity index (χ4n) is 4.15. The van der Waals surface area contributed by atoms with Crippen LogP contribution in [0, 0.1) is 0 Å². The van der Waals surface area contributed by atoms with Gasteiger partial charge in [-0.15, -0.1) is 0 Å². The lowest BCUT2D eigenvalue weighted by atomic mass is 9.71. The van der Waals surface area contributed by atoms with Crippen LogP contribution < -0.4 is 5.32 Å². The molecule has 2 aromatic rings. The monoisotopic (exact) mass is 360 g/mol. The Morgan fingerprint density at radius 1 is 0.963 bits per heavy atom. The maximum atomic E-state index is 12.6. The minimum absolute atomic E-state index is 0.190. The Morgan fingerprint density at radius 3 is 2.30 bits per heavy atom. The molecule has 0 aromatic heterocycles. The van der Waals surface area contributed by atoms with Gasteiger partial charge in [0.25, 0.3) is 0 Å². The van der Waals surface area contributed by atoms with Crippen molar-refractivity contribution in [3.05, 3.63) is 84.5 Å². The van der Waals surface area contributed by atoms with Crippen molar-refractivity contribution in [2.24, 2.45) is 0 Å². The van der Waals surface area contributed by atoms with E-state index in [9.17, 15) is 9.90 Å². The van der Waals surface area contributed by atoms with Gasteiger partial charge in [0.05, 0.1) is 6.04 Å². The SMILES string of the molecule is O=C(O)C1(c2ccc(-c3ccccc3)cc2)C=CC=CC1N1CCNCC1. The molecule has 4 rings (SSSR count). The summed E-state index contributed by atoms with van der Waals surface area (Å²) in [6.07, 6.45) is 7.70. The first-order valence-corrected chi connectivity index (χ1v) is 9.42. The Hall–Kier alpha value is -2.69. The summed E-state index contributed by atoms with van der Waals surface area (Å²) in [4.78, 5) is 14.8. The number of hydrogen-bond acceptors (Lipinski definition) is 3. The Labute approximate surface area is 159 Å². The van der Waals surface area contributed by atoms with E-state index in [1.54, 1.807) is 0 Å². The largest absolute Gasteiger partial charge is 0.480 e. The number of carboxylic acid groups (broad SMARTS) is 1. The highest BCUT2D eigenvalue weighted by Gasteiger charge is 2.47. The molecule has 0 amide bonds. The van der Waals surface area contributed by atoms with E-state index in [0.717, 1.165) is 42.9 Å². The third kappa shape index (κ3) is 3.22. The molecule has 0 spiro atoms. The first-order chi connectivity index (χ1) is 13.2. The average molecular weight is 360 g/mol. The van der Waals surface area contributed by atoms with E-state index in [1.165, 1.54) is 0 Å². The summed E-state index contributed by atoms with van der Waals surface area (Å²) >= 11 is 0. The number of nitrogens with zero attached hydrogens (tertiary/aromatic N) is 1. The van der Waals surface area contributed by atoms with Crippen molar-refractivity contribution in [2.45, 2.75) is 11.5 Å². The normalized spacial score (nSPS) is 25.4. The van der Waals surface area contributed by atoms with Crippen LogP contribution in [0.2, 0.25) is 0 Å². The van der Waals surface area contributed by atoms with Gasteiger partial charge in [0.2, 0.25) is 0 Å². The molecule has 4 nitrogen and oxygen atoms in total. The Kier molecular flexibility index (Phi) is 4.92. The number of rotatable bonds is 4. The molecule has 1 saturated heterocycles. The van der Waals surface area contributed by atoms with Crippen LogP contribution in [0.3, 0.4) is 0 Å². The summed E-state index contributed by atoms with van der Waals surface area (Å²) in [5.74, 6) is -0.806. The standard InChI is InChI=1S/C23H24N2O2/c26-22(27)23(13-5-4-8-21(23)25-16-14-24-15-17-25)20-11-9-19(10-12-20)18-6-2-1-3-7-18/h1-13,21,24H,14-17H2,(H,26,27). The fourth-order valence-corrected chi connectivity index (χ4v) is 4.15. The average Bonchev–Trinajstić information content (AvgIpc) is 2.75. The van der Waals surface area contributed by atoms with E-state index >= 15 is 0 Å². The second-order valence-corrected chi connectivity index (χ2v) is 7.09. The zero-order valence-corrected chi connectivity index (χ0v) is 15.2. The Bertz CT molecular complexity index is 852. The van der Waals surface area contributed by atoms with Gasteiger partial charge >= 0.3 is 5.97 Å². The summed E-state index contributed by atoms with van der Waals surface area (Å²) in [7, 11) is 0. The van der Waals surface area contributed by atoms with Crippen molar-refractivity contribution >= 4 is 5.97 Å². The van der Waals surface area contributed by atoms with Crippen LogP contribution in [-0.2, 0) is 10.2 Å². The summed E-state index contributed by atoms with van der Waals surface area (Å²) in [6, 6.07) is 17.9. The van der Waals surface area contributed by atoms with Gasteiger partial charge in [0.15, 0.2) is 0 Å². The number of piperazine rings is 1. The summed E-state index contributed by atoms with van der Waals surface area (Å²) in [6.45, 7) is 3.47. The molecular weight excluding hydrogens is 336 g/mol. The van der Waals surface area contributed by atoms with Gasteiger partial charge in [-0.25, -0.2) is 0 Å². The number of carbonyl (C=O) groups is 1. The molecule has 1 heterocycles. The van der Waals surface area contributed by atoms with E-state index < -0.39 is 11.4 Å². The third-order valence-corrected chi connectivity index (χ3v) is 5.60. The molecule has 2 N–H and O–H groups in total. The molecule has 2 aromatic carbocycles. The van der Waals surface area contributed by atoms with Crippen LogP contribution in [0.4, 0.5) is 0 Å². The minimum Gasteiger partial charge on any atom is -0.480 e. The van der Waals surface area contributed by atoms with Gasteiger partial charge in [-0.1, -0.05) is 78.9 Å². The van der Waals surface area contributed by atoms with Crippen LogP contribution in [0.25, 0.3) is 11.1 Å². The van der Waals surface area contributed by atoms with Crippen molar-refractivity contribution in [3.8, 4) is 11.1 Å².